The molecule has 1 atom stereocenters. The average molecular weight is 385 g/mol. The molecule has 0 aliphatic rings. The molecular formula is C22H34ClFO2. The lowest BCUT2D eigenvalue weighted by molar-refractivity contribution is 0.0244. The lowest BCUT2D eigenvalue weighted by Gasteiger charge is -2.18. The fraction of sp³-hybridized carbons (Fsp3) is 0.682. The lowest BCUT2D eigenvalue weighted by Crippen LogP contribution is -2.19. The van der Waals surface area contributed by atoms with Gasteiger partial charge in [-0.2, -0.15) is 0 Å². The van der Waals surface area contributed by atoms with Crippen molar-refractivity contribution in [2.45, 2.75) is 97.0 Å². The highest BCUT2D eigenvalue weighted by molar-refractivity contribution is 6.31. The van der Waals surface area contributed by atoms with Crippen LogP contribution in [-0.4, -0.2) is 12.1 Å². The largest absolute Gasteiger partial charge is 0.459 e. The molecule has 2 nitrogen and oxygen atoms in total. The Morgan fingerprint density at radius 3 is 2.15 bits per heavy atom. The molecule has 0 fully saturated rings. The molecule has 26 heavy (non-hydrogen) atoms. The zero-order valence-corrected chi connectivity index (χ0v) is 17.1. The van der Waals surface area contributed by atoms with Crippen molar-refractivity contribution in [3.63, 3.8) is 0 Å². The van der Waals surface area contributed by atoms with E-state index in [0.717, 1.165) is 44.9 Å². The fourth-order valence-electron chi connectivity index (χ4n) is 3.09. The van der Waals surface area contributed by atoms with Gasteiger partial charge in [0.2, 0.25) is 0 Å². The number of ether oxygens (including phenoxy) is 1. The van der Waals surface area contributed by atoms with Crippen LogP contribution in [0.25, 0.3) is 0 Å². The summed E-state index contributed by atoms with van der Waals surface area (Å²) >= 11 is 5.77. The topological polar surface area (TPSA) is 26.3 Å². The maximum Gasteiger partial charge on any atom is 0.341 e. The van der Waals surface area contributed by atoms with Crippen molar-refractivity contribution in [3.8, 4) is 0 Å². The van der Waals surface area contributed by atoms with Gasteiger partial charge in [-0.25, -0.2) is 9.18 Å². The molecule has 1 rings (SSSR count). The Bertz CT molecular complexity index is 519. The summed E-state index contributed by atoms with van der Waals surface area (Å²) in [7, 11) is 0. The van der Waals surface area contributed by atoms with Crippen LogP contribution < -0.4 is 0 Å². The smallest absolute Gasteiger partial charge is 0.341 e. The van der Waals surface area contributed by atoms with Gasteiger partial charge in [0.1, 0.15) is 6.10 Å². The molecule has 0 aliphatic heterocycles. The van der Waals surface area contributed by atoms with E-state index in [2.05, 4.69) is 13.8 Å². The van der Waals surface area contributed by atoms with Crippen LogP contribution in [0.5, 0.6) is 0 Å². The second-order valence-corrected chi connectivity index (χ2v) is 7.44. The number of hydrogen-bond acceptors (Lipinski definition) is 2. The van der Waals surface area contributed by atoms with Crippen LogP contribution >= 0.6 is 11.6 Å². The fourth-order valence-corrected chi connectivity index (χ4v) is 3.26. The molecule has 0 spiro atoms. The van der Waals surface area contributed by atoms with E-state index in [-0.39, 0.29) is 16.7 Å². The highest BCUT2D eigenvalue weighted by Gasteiger charge is 2.20. The van der Waals surface area contributed by atoms with Crippen molar-refractivity contribution in [3.05, 3.63) is 34.6 Å². The third kappa shape index (κ3) is 9.02. The summed E-state index contributed by atoms with van der Waals surface area (Å²) < 4.78 is 19.7. The molecule has 4 heteroatoms. The molecule has 0 amide bonds. The molecule has 148 valence electrons. The molecule has 0 N–H and O–H groups in total. The monoisotopic (exact) mass is 384 g/mol. The standard InChI is InChI=1S/C22H34ClFO2/c1-3-5-7-8-9-10-12-15-18(14-11-6-4-2)26-22(25)19-16-13-17-20(23)21(19)24/h13,16-18H,3-12,14-15H2,1-2H3. The van der Waals surface area contributed by atoms with E-state index < -0.39 is 11.8 Å². The zero-order chi connectivity index (χ0) is 19.2. The first-order chi connectivity index (χ1) is 12.6. The number of esters is 1. The number of carbonyl (C=O) groups is 1. The van der Waals surface area contributed by atoms with Gasteiger partial charge in [0.05, 0.1) is 10.6 Å². The first-order valence-corrected chi connectivity index (χ1v) is 10.6. The van der Waals surface area contributed by atoms with E-state index in [4.69, 9.17) is 16.3 Å². The van der Waals surface area contributed by atoms with E-state index >= 15 is 0 Å². The Morgan fingerprint density at radius 1 is 0.962 bits per heavy atom. The maximum absolute atomic E-state index is 14.0. The average Bonchev–Trinajstić information content (AvgIpc) is 2.63. The first kappa shape index (κ1) is 23.0. The Labute approximate surface area is 163 Å². The Morgan fingerprint density at radius 2 is 1.50 bits per heavy atom. The van der Waals surface area contributed by atoms with Gasteiger partial charge >= 0.3 is 5.97 Å². The number of unbranched alkanes of at least 4 members (excludes halogenated alkanes) is 8. The Balaban J connectivity index is 2.48. The molecule has 1 unspecified atom stereocenters. The quantitative estimate of drug-likeness (QED) is 0.242. The van der Waals surface area contributed by atoms with Crippen molar-refractivity contribution in [2.75, 3.05) is 0 Å². The maximum atomic E-state index is 14.0. The second kappa shape index (κ2) is 14.0. The molecule has 0 aliphatic carbocycles. The Hall–Kier alpha value is -1.09. The molecule has 0 aromatic heterocycles. The van der Waals surface area contributed by atoms with Gasteiger partial charge in [-0.1, -0.05) is 82.9 Å². The van der Waals surface area contributed by atoms with Crippen LogP contribution in [-0.2, 0) is 4.74 Å². The summed E-state index contributed by atoms with van der Waals surface area (Å²) in [5.74, 6) is -1.29. The molecule has 0 saturated carbocycles. The van der Waals surface area contributed by atoms with E-state index in [9.17, 15) is 9.18 Å². The Kier molecular flexibility index (Phi) is 12.4. The SMILES string of the molecule is CCCCCCCCCC(CCCCC)OC(=O)c1cccc(Cl)c1F. The normalized spacial score (nSPS) is 12.2. The predicted molar refractivity (Wildman–Crippen MR) is 107 cm³/mol. The molecule has 1 aromatic carbocycles. The zero-order valence-electron chi connectivity index (χ0n) is 16.4. The van der Waals surface area contributed by atoms with Gasteiger partial charge in [0.25, 0.3) is 0 Å². The van der Waals surface area contributed by atoms with Gasteiger partial charge in [-0.15, -0.1) is 0 Å². The summed E-state index contributed by atoms with van der Waals surface area (Å²) in [6.45, 7) is 4.37. The minimum Gasteiger partial charge on any atom is -0.459 e. The van der Waals surface area contributed by atoms with E-state index in [1.165, 1.54) is 44.2 Å². The lowest BCUT2D eigenvalue weighted by atomic mass is 10.0. The highest BCUT2D eigenvalue weighted by atomic mass is 35.5. The molecule has 0 heterocycles. The van der Waals surface area contributed by atoms with Crippen LogP contribution in [0.4, 0.5) is 4.39 Å². The molecule has 0 radical (unpaired) electrons. The number of hydrogen-bond donors (Lipinski definition) is 0. The molecule has 0 bridgehead atoms. The first-order valence-electron chi connectivity index (χ1n) is 10.2. The third-order valence-corrected chi connectivity index (χ3v) is 5.00. The van der Waals surface area contributed by atoms with Crippen LogP contribution in [0, 0.1) is 5.82 Å². The van der Waals surface area contributed by atoms with Gasteiger partial charge < -0.3 is 4.74 Å². The van der Waals surface area contributed by atoms with E-state index in [1.54, 1.807) is 6.07 Å². The van der Waals surface area contributed by atoms with Crippen molar-refractivity contribution in [1.29, 1.82) is 0 Å². The molecular weight excluding hydrogens is 351 g/mol. The van der Waals surface area contributed by atoms with Gasteiger partial charge in [-0.3, -0.25) is 0 Å². The molecule has 1 aromatic rings. The minimum atomic E-state index is -0.692. The van der Waals surface area contributed by atoms with E-state index in [1.807, 2.05) is 0 Å². The molecule has 0 saturated heterocycles. The van der Waals surface area contributed by atoms with Crippen LogP contribution in [0.2, 0.25) is 5.02 Å². The van der Waals surface area contributed by atoms with Crippen LogP contribution in [0.3, 0.4) is 0 Å². The summed E-state index contributed by atoms with van der Waals surface area (Å²) in [6, 6.07) is 4.44. The van der Waals surface area contributed by atoms with Gasteiger partial charge in [-0.05, 0) is 37.8 Å². The highest BCUT2D eigenvalue weighted by Crippen LogP contribution is 2.21. The van der Waals surface area contributed by atoms with Crippen molar-refractivity contribution in [1.82, 2.24) is 0 Å². The summed E-state index contributed by atoms with van der Waals surface area (Å²) in [5, 5.41) is -0.0472. The number of halogens is 2. The minimum absolute atomic E-state index is 0.0472. The van der Waals surface area contributed by atoms with Crippen molar-refractivity contribution >= 4 is 17.6 Å². The van der Waals surface area contributed by atoms with Gasteiger partial charge in [0, 0.05) is 0 Å². The van der Waals surface area contributed by atoms with Crippen LogP contribution in [0.1, 0.15) is 101 Å². The number of benzene rings is 1. The second-order valence-electron chi connectivity index (χ2n) is 7.03. The number of carbonyl (C=O) groups excluding carboxylic acids is 1. The summed E-state index contributed by atoms with van der Waals surface area (Å²) in [5.41, 5.74) is -0.0717. The third-order valence-electron chi connectivity index (χ3n) is 4.70. The predicted octanol–water partition coefficient (Wildman–Crippen LogP) is 7.73. The van der Waals surface area contributed by atoms with E-state index in [0.29, 0.717) is 0 Å². The number of rotatable bonds is 14. The summed E-state index contributed by atoms with van der Waals surface area (Å²) in [4.78, 5) is 12.3. The van der Waals surface area contributed by atoms with Crippen molar-refractivity contribution < 1.29 is 13.9 Å². The van der Waals surface area contributed by atoms with Crippen molar-refractivity contribution in [2.24, 2.45) is 0 Å². The van der Waals surface area contributed by atoms with Crippen LogP contribution in [0.15, 0.2) is 18.2 Å². The summed E-state index contributed by atoms with van der Waals surface area (Å²) in [6.07, 6.45) is 13.4. The van der Waals surface area contributed by atoms with Gasteiger partial charge in [0.15, 0.2) is 5.82 Å².